The van der Waals surface area contributed by atoms with Crippen molar-refractivity contribution in [3.63, 3.8) is 0 Å². The lowest BCUT2D eigenvalue weighted by Crippen LogP contribution is -2.62. The number of nitrogens with zero attached hydrogens (tertiary/aromatic N) is 6. The van der Waals surface area contributed by atoms with Gasteiger partial charge in [-0.2, -0.15) is 0 Å². The molecule has 0 saturated carbocycles. The van der Waals surface area contributed by atoms with Crippen LogP contribution in [0.5, 0.6) is 0 Å². The molecule has 15 nitrogen and oxygen atoms in total. The van der Waals surface area contributed by atoms with Crippen molar-refractivity contribution in [2.45, 2.75) is 90.1 Å². The Kier molecular flexibility index (Phi) is 10.0. The Bertz CT molecular complexity index is 1330. The quantitative estimate of drug-likeness (QED) is 0.421. The summed E-state index contributed by atoms with van der Waals surface area (Å²) in [6.45, 7) is 9.43. The lowest BCUT2D eigenvalue weighted by molar-refractivity contribution is -0.149. The first kappa shape index (κ1) is 33.4. The molecular weight excluding hydrogens is 640 g/mol. The van der Waals surface area contributed by atoms with E-state index in [0.717, 1.165) is 0 Å². The van der Waals surface area contributed by atoms with Gasteiger partial charge in [-0.1, -0.05) is 13.8 Å². The number of nitrogens with one attached hydrogen (secondary N) is 2. The first-order valence-corrected chi connectivity index (χ1v) is 15.5. The molecular formula is C28H41BrN8O7. The number of carboxylic acid groups (broad SMARTS) is 1. The van der Waals surface area contributed by atoms with E-state index in [1.807, 2.05) is 0 Å². The van der Waals surface area contributed by atoms with E-state index in [-0.39, 0.29) is 36.1 Å². The van der Waals surface area contributed by atoms with Crippen molar-refractivity contribution in [1.29, 1.82) is 0 Å². The summed E-state index contributed by atoms with van der Waals surface area (Å²) < 4.78 is 7.29. The van der Waals surface area contributed by atoms with Gasteiger partial charge >= 0.3 is 12.1 Å². The Labute approximate surface area is 264 Å². The number of likely N-dealkylation sites (tertiary alicyclic amines) is 1. The standard InChI is InChI=1S/C28H41BrN8O7/c1-15(2)21-22(38)30-18(24(40)37-11-7-8-17(32-37)25(41)42)14-20-31-26(29)33-36(20)13-10-19-16(23(39)34(21)6)9-12-35(19)27(43)44-28(3,4)5/h10,13,15-19,21,32H,7-9,11-12,14H2,1-6H3,(H,30,38)(H,41,42)/b13-10-/t16-,17-,18-,19+,21-/m0/s1. The number of carbonyl (C=O) groups excluding carboxylic acids is 4. The number of amides is 4. The second-order valence-corrected chi connectivity index (χ2v) is 13.4. The number of ether oxygens (including phenoxy) is 1. The lowest BCUT2D eigenvalue weighted by atomic mass is 9.95. The Balaban J connectivity index is 1.76. The minimum Gasteiger partial charge on any atom is -0.480 e. The highest BCUT2D eigenvalue weighted by Gasteiger charge is 2.45. The van der Waals surface area contributed by atoms with Crippen molar-refractivity contribution in [3.05, 3.63) is 16.6 Å². The molecule has 0 unspecified atom stereocenters. The Morgan fingerprint density at radius 2 is 1.84 bits per heavy atom. The van der Waals surface area contributed by atoms with Crippen LogP contribution in [0.25, 0.3) is 6.20 Å². The van der Waals surface area contributed by atoms with Crippen LogP contribution >= 0.6 is 15.9 Å². The number of carbonyl (C=O) groups is 5. The van der Waals surface area contributed by atoms with Crippen LogP contribution in [0, 0.1) is 11.8 Å². The number of hydrazine groups is 1. The van der Waals surface area contributed by atoms with E-state index >= 15 is 0 Å². The van der Waals surface area contributed by atoms with Gasteiger partial charge in [0.25, 0.3) is 5.91 Å². The number of aliphatic carboxylic acids is 1. The topological polar surface area (TPSA) is 179 Å². The van der Waals surface area contributed by atoms with E-state index in [9.17, 15) is 29.1 Å². The van der Waals surface area contributed by atoms with Crippen molar-refractivity contribution in [1.82, 2.24) is 40.3 Å². The van der Waals surface area contributed by atoms with Crippen LogP contribution in [0.3, 0.4) is 0 Å². The zero-order chi connectivity index (χ0) is 32.5. The summed E-state index contributed by atoms with van der Waals surface area (Å²) in [5, 5.41) is 17.9. The number of halogens is 1. The molecule has 0 aliphatic carbocycles. The minimum absolute atomic E-state index is 0.0875. The van der Waals surface area contributed by atoms with Crippen LogP contribution in [0.2, 0.25) is 0 Å². The molecule has 16 heteroatoms. The number of hydrogen-bond donors (Lipinski definition) is 3. The van der Waals surface area contributed by atoms with E-state index in [2.05, 4.69) is 36.8 Å². The molecule has 0 aromatic carbocycles. The van der Waals surface area contributed by atoms with Gasteiger partial charge in [0, 0.05) is 32.8 Å². The van der Waals surface area contributed by atoms with Gasteiger partial charge in [-0.05, 0) is 68.0 Å². The van der Waals surface area contributed by atoms with Crippen molar-refractivity contribution in [2.24, 2.45) is 11.8 Å². The second kappa shape index (κ2) is 13.2. The van der Waals surface area contributed by atoms with Gasteiger partial charge in [-0.15, -0.1) is 5.10 Å². The van der Waals surface area contributed by atoms with Gasteiger partial charge in [0.05, 0.1) is 12.0 Å². The fraction of sp³-hybridized carbons (Fsp3) is 0.679. The third-order valence-corrected chi connectivity index (χ3v) is 8.25. The minimum atomic E-state index is -1.16. The summed E-state index contributed by atoms with van der Waals surface area (Å²) in [5.74, 6) is -3.18. The van der Waals surface area contributed by atoms with Gasteiger partial charge in [-0.3, -0.25) is 24.2 Å². The normalized spacial score (nSPS) is 27.5. The molecule has 4 rings (SSSR count). The number of fused-ring (bicyclic) bond motifs is 2. The second-order valence-electron chi connectivity index (χ2n) is 12.7. The molecule has 2 fully saturated rings. The van der Waals surface area contributed by atoms with Gasteiger partial charge in [0.15, 0.2) is 0 Å². The highest BCUT2D eigenvalue weighted by Crippen LogP contribution is 2.31. The summed E-state index contributed by atoms with van der Waals surface area (Å²) in [6, 6.07) is -3.74. The maximum Gasteiger partial charge on any atom is 0.410 e. The number of rotatable bonds is 3. The van der Waals surface area contributed by atoms with Crippen LogP contribution in [0.1, 0.15) is 59.7 Å². The Morgan fingerprint density at radius 3 is 2.48 bits per heavy atom. The van der Waals surface area contributed by atoms with Crippen molar-refractivity contribution in [2.75, 3.05) is 20.1 Å². The first-order valence-electron chi connectivity index (χ1n) is 14.7. The van der Waals surface area contributed by atoms with E-state index in [0.29, 0.717) is 25.1 Å². The molecule has 4 amide bonds. The van der Waals surface area contributed by atoms with Gasteiger partial charge in [-0.25, -0.2) is 19.9 Å². The van der Waals surface area contributed by atoms with E-state index in [4.69, 9.17) is 4.74 Å². The van der Waals surface area contributed by atoms with Crippen LogP contribution in [0.15, 0.2) is 10.8 Å². The molecule has 3 aliphatic rings. The fourth-order valence-corrected chi connectivity index (χ4v) is 6.26. The van der Waals surface area contributed by atoms with Crippen molar-refractivity contribution < 1.29 is 33.8 Å². The van der Waals surface area contributed by atoms with Gasteiger partial charge in [0.2, 0.25) is 16.5 Å². The Hall–Kier alpha value is -3.53. The average Bonchev–Trinajstić information content (AvgIpc) is 3.51. The number of hydrogen-bond acceptors (Lipinski definition) is 9. The predicted octanol–water partition coefficient (Wildman–Crippen LogP) is 1.24. The number of carboxylic acids is 1. The largest absolute Gasteiger partial charge is 0.480 e. The van der Waals surface area contributed by atoms with Crippen LogP contribution in [-0.2, 0) is 30.3 Å². The van der Waals surface area contributed by atoms with Crippen molar-refractivity contribution >= 4 is 51.9 Å². The van der Waals surface area contributed by atoms with Crippen LogP contribution < -0.4 is 10.7 Å². The zero-order valence-corrected chi connectivity index (χ0v) is 27.4. The van der Waals surface area contributed by atoms with Gasteiger partial charge < -0.3 is 25.0 Å². The molecule has 0 radical (unpaired) electrons. The lowest BCUT2D eigenvalue weighted by Gasteiger charge is -2.36. The third kappa shape index (κ3) is 7.39. The third-order valence-electron chi connectivity index (χ3n) is 7.92. The molecule has 2 saturated heterocycles. The molecule has 5 atom stereocenters. The highest BCUT2D eigenvalue weighted by atomic mass is 79.9. The smallest absolute Gasteiger partial charge is 0.410 e. The summed E-state index contributed by atoms with van der Waals surface area (Å²) in [4.78, 5) is 73.8. The van der Waals surface area contributed by atoms with E-state index in [1.165, 1.54) is 19.5 Å². The molecule has 3 N–H and O–H groups in total. The molecule has 4 heterocycles. The number of aromatic nitrogens is 3. The number of likely N-dealkylation sites (N-methyl/N-ethyl adjacent to an activating group) is 1. The molecule has 1 aromatic heterocycles. The van der Waals surface area contributed by atoms with E-state index < -0.39 is 59.6 Å². The molecule has 3 aliphatic heterocycles. The zero-order valence-electron chi connectivity index (χ0n) is 25.8. The molecule has 44 heavy (non-hydrogen) atoms. The fourth-order valence-electron chi connectivity index (χ4n) is 5.89. The van der Waals surface area contributed by atoms with Crippen LogP contribution in [-0.4, -0.2) is 114 Å². The first-order chi connectivity index (χ1) is 20.6. The predicted molar refractivity (Wildman–Crippen MR) is 160 cm³/mol. The van der Waals surface area contributed by atoms with Gasteiger partial charge in [0.1, 0.15) is 29.6 Å². The molecule has 0 spiro atoms. The van der Waals surface area contributed by atoms with E-state index in [1.54, 1.807) is 53.9 Å². The highest BCUT2D eigenvalue weighted by molar-refractivity contribution is 9.10. The summed E-state index contributed by atoms with van der Waals surface area (Å²) in [5.41, 5.74) is 2.00. The molecule has 1 aromatic rings. The maximum atomic E-state index is 14.0. The monoisotopic (exact) mass is 680 g/mol. The average molecular weight is 682 g/mol. The SMILES string of the molecule is CC(C)[C@H]1C(=O)N[C@H](C(=O)N2CCC[C@@H](C(=O)O)N2)Cc2nc(Br)nn2/C=C\[C@@H]2[C@H](CCN2C(=O)OC(C)(C)C)C(=O)N1C. The van der Waals surface area contributed by atoms with Crippen LogP contribution in [0.4, 0.5) is 4.79 Å². The molecule has 0 bridgehead atoms. The Morgan fingerprint density at radius 1 is 1.14 bits per heavy atom. The summed E-state index contributed by atoms with van der Waals surface area (Å²) >= 11 is 3.28. The maximum absolute atomic E-state index is 14.0. The summed E-state index contributed by atoms with van der Waals surface area (Å²) in [6.07, 6.45) is 3.79. The molecule has 242 valence electrons. The van der Waals surface area contributed by atoms with Crippen molar-refractivity contribution in [3.8, 4) is 0 Å². The summed E-state index contributed by atoms with van der Waals surface area (Å²) in [7, 11) is 1.55.